The van der Waals surface area contributed by atoms with Crippen molar-refractivity contribution in [3.63, 3.8) is 0 Å². The fourth-order valence-corrected chi connectivity index (χ4v) is 4.60. The minimum atomic E-state index is -0.0475. The van der Waals surface area contributed by atoms with Crippen LogP contribution in [0.4, 0.5) is 5.69 Å². The second-order valence-electron chi connectivity index (χ2n) is 7.21. The molecule has 2 aliphatic rings. The molecule has 4 nitrogen and oxygen atoms in total. The van der Waals surface area contributed by atoms with E-state index in [1.54, 1.807) is 7.11 Å². The molecule has 2 fully saturated rings. The molecule has 5 heteroatoms. The summed E-state index contributed by atoms with van der Waals surface area (Å²) in [5.41, 5.74) is 9.14. The van der Waals surface area contributed by atoms with E-state index >= 15 is 0 Å². The number of benzene rings is 2. The van der Waals surface area contributed by atoms with Gasteiger partial charge in [0, 0.05) is 17.3 Å². The number of carbonyl (C=O) groups is 1. The van der Waals surface area contributed by atoms with Gasteiger partial charge in [-0.25, -0.2) is 0 Å². The average Bonchev–Trinajstić information content (AvgIpc) is 3.23. The van der Waals surface area contributed by atoms with Gasteiger partial charge in [-0.3, -0.25) is 4.79 Å². The number of hydrogen-bond acceptors (Lipinski definition) is 3. The van der Waals surface area contributed by atoms with E-state index in [0.29, 0.717) is 11.8 Å². The number of ether oxygens (including phenoxy) is 1. The van der Waals surface area contributed by atoms with Crippen molar-refractivity contribution in [3.05, 3.63) is 48.5 Å². The highest BCUT2D eigenvalue weighted by Crippen LogP contribution is 2.48. The lowest BCUT2D eigenvalue weighted by Gasteiger charge is -2.27. The van der Waals surface area contributed by atoms with Crippen molar-refractivity contribution < 1.29 is 9.53 Å². The van der Waals surface area contributed by atoms with Gasteiger partial charge in [0.2, 0.25) is 5.91 Å². The standard InChI is InChI=1S/C21H24N2O2.ClH/c1-25-18-8-3-2-7-17(18)13-5-4-6-16(12-13)23-21(24)19-14-9-10-15(11-14)20(19)22;/h2-8,12,14-15,19-20H,9-11,22H2,1H3,(H,23,24);1H. The van der Waals surface area contributed by atoms with Crippen molar-refractivity contribution in [2.24, 2.45) is 23.5 Å². The van der Waals surface area contributed by atoms with Gasteiger partial charge in [-0.1, -0.05) is 30.3 Å². The summed E-state index contributed by atoms with van der Waals surface area (Å²) in [6.07, 6.45) is 3.43. The van der Waals surface area contributed by atoms with Crippen LogP contribution in [0.2, 0.25) is 0 Å². The van der Waals surface area contributed by atoms with Gasteiger partial charge in [0.05, 0.1) is 13.0 Å². The number of carbonyl (C=O) groups excluding carboxylic acids is 1. The van der Waals surface area contributed by atoms with Crippen molar-refractivity contribution in [1.29, 1.82) is 0 Å². The largest absolute Gasteiger partial charge is 0.496 e. The van der Waals surface area contributed by atoms with E-state index in [4.69, 9.17) is 10.5 Å². The molecule has 1 amide bonds. The average molecular weight is 373 g/mol. The van der Waals surface area contributed by atoms with E-state index in [1.165, 1.54) is 6.42 Å². The molecule has 2 saturated carbocycles. The van der Waals surface area contributed by atoms with Crippen LogP contribution in [0.15, 0.2) is 48.5 Å². The summed E-state index contributed by atoms with van der Waals surface area (Å²) >= 11 is 0. The number of para-hydroxylation sites is 1. The Balaban J connectivity index is 0.00000196. The molecule has 2 aromatic rings. The van der Waals surface area contributed by atoms with Crippen molar-refractivity contribution in [2.75, 3.05) is 12.4 Å². The smallest absolute Gasteiger partial charge is 0.229 e. The first kappa shape index (κ1) is 18.7. The van der Waals surface area contributed by atoms with Crippen molar-refractivity contribution in [1.82, 2.24) is 0 Å². The Morgan fingerprint density at radius 3 is 2.62 bits per heavy atom. The van der Waals surface area contributed by atoms with Crippen LogP contribution >= 0.6 is 12.4 Å². The summed E-state index contributed by atoms with van der Waals surface area (Å²) in [4.78, 5) is 12.8. The van der Waals surface area contributed by atoms with Crippen LogP contribution in [0.5, 0.6) is 5.75 Å². The summed E-state index contributed by atoms with van der Waals surface area (Å²) in [5, 5.41) is 3.09. The minimum Gasteiger partial charge on any atom is -0.496 e. The number of nitrogens with one attached hydrogen (secondary N) is 1. The van der Waals surface area contributed by atoms with Gasteiger partial charge < -0.3 is 15.8 Å². The maximum absolute atomic E-state index is 12.8. The molecule has 0 heterocycles. The van der Waals surface area contributed by atoms with Crippen LogP contribution < -0.4 is 15.8 Å². The number of rotatable bonds is 4. The topological polar surface area (TPSA) is 64.3 Å². The van der Waals surface area contributed by atoms with Crippen LogP contribution in [0.3, 0.4) is 0 Å². The van der Waals surface area contributed by atoms with Gasteiger partial charge in [-0.15, -0.1) is 12.4 Å². The van der Waals surface area contributed by atoms with E-state index in [-0.39, 0.29) is 30.3 Å². The molecule has 4 atom stereocenters. The summed E-state index contributed by atoms with van der Waals surface area (Å²) in [6, 6.07) is 15.8. The summed E-state index contributed by atoms with van der Waals surface area (Å²) in [6.45, 7) is 0. The number of amides is 1. The molecule has 4 rings (SSSR count). The molecule has 2 bridgehead atoms. The molecule has 26 heavy (non-hydrogen) atoms. The van der Waals surface area contributed by atoms with E-state index in [1.807, 2.05) is 48.5 Å². The zero-order chi connectivity index (χ0) is 17.4. The van der Waals surface area contributed by atoms with Gasteiger partial charge in [0.1, 0.15) is 5.75 Å². The Bertz CT molecular complexity index is 793. The fourth-order valence-electron chi connectivity index (χ4n) is 4.60. The molecule has 0 aliphatic heterocycles. The Kier molecular flexibility index (Phi) is 5.54. The monoisotopic (exact) mass is 372 g/mol. The predicted molar refractivity (Wildman–Crippen MR) is 107 cm³/mol. The van der Waals surface area contributed by atoms with Gasteiger partial charge in [-0.2, -0.15) is 0 Å². The predicted octanol–water partition coefficient (Wildman–Crippen LogP) is 4.10. The number of nitrogens with two attached hydrogens (primary N) is 1. The third-order valence-electron chi connectivity index (χ3n) is 5.83. The normalized spacial score (nSPS) is 26.2. The molecule has 2 aliphatic carbocycles. The molecule has 0 aromatic heterocycles. The van der Waals surface area contributed by atoms with Crippen molar-refractivity contribution in [3.8, 4) is 16.9 Å². The first-order valence-corrected chi connectivity index (χ1v) is 8.97. The van der Waals surface area contributed by atoms with Gasteiger partial charge >= 0.3 is 0 Å². The molecule has 4 unspecified atom stereocenters. The van der Waals surface area contributed by atoms with E-state index in [9.17, 15) is 4.79 Å². The highest BCUT2D eigenvalue weighted by Gasteiger charge is 2.49. The highest BCUT2D eigenvalue weighted by atomic mass is 35.5. The number of halogens is 1. The Labute approximate surface area is 160 Å². The van der Waals surface area contributed by atoms with Crippen molar-refractivity contribution in [2.45, 2.75) is 25.3 Å². The number of anilines is 1. The first-order valence-electron chi connectivity index (χ1n) is 8.97. The lowest BCUT2D eigenvalue weighted by Crippen LogP contribution is -2.42. The molecule has 0 saturated heterocycles. The SMILES string of the molecule is COc1ccccc1-c1cccc(NC(=O)C2C3CCC(C3)C2N)c1.Cl. The number of hydrogen-bond donors (Lipinski definition) is 2. The molecule has 2 aromatic carbocycles. The van der Waals surface area contributed by atoms with Crippen LogP contribution in [-0.4, -0.2) is 19.1 Å². The molecular formula is C21H25ClN2O2. The Morgan fingerprint density at radius 1 is 1.12 bits per heavy atom. The Hall–Kier alpha value is -2.04. The summed E-state index contributed by atoms with van der Waals surface area (Å²) in [7, 11) is 1.67. The zero-order valence-electron chi connectivity index (χ0n) is 14.9. The summed E-state index contributed by atoms with van der Waals surface area (Å²) in [5.74, 6) is 1.82. The zero-order valence-corrected chi connectivity index (χ0v) is 15.7. The molecule has 3 N–H and O–H groups in total. The lowest BCUT2D eigenvalue weighted by molar-refractivity contribution is -0.121. The van der Waals surface area contributed by atoms with Gasteiger partial charge in [-0.05, 0) is 54.9 Å². The molecule has 0 radical (unpaired) electrons. The molecule has 0 spiro atoms. The highest BCUT2D eigenvalue weighted by molar-refractivity contribution is 5.94. The number of fused-ring (bicyclic) bond motifs is 2. The van der Waals surface area contributed by atoms with Crippen LogP contribution in [-0.2, 0) is 4.79 Å². The third-order valence-corrected chi connectivity index (χ3v) is 5.83. The lowest BCUT2D eigenvalue weighted by atomic mass is 9.84. The molecular weight excluding hydrogens is 348 g/mol. The molecule has 138 valence electrons. The number of methoxy groups -OCH3 is 1. The maximum Gasteiger partial charge on any atom is 0.229 e. The fraction of sp³-hybridized carbons (Fsp3) is 0.381. The minimum absolute atomic E-state index is 0. The van der Waals surface area contributed by atoms with E-state index in [2.05, 4.69) is 5.32 Å². The van der Waals surface area contributed by atoms with Crippen LogP contribution in [0.25, 0.3) is 11.1 Å². The van der Waals surface area contributed by atoms with Crippen LogP contribution in [0, 0.1) is 17.8 Å². The van der Waals surface area contributed by atoms with Crippen LogP contribution in [0.1, 0.15) is 19.3 Å². The quantitative estimate of drug-likeness (QED) is 0.849. The second-order valence-corrected chi connectivity index (χ2v) is 7.21. The first-order chi connectivity index (χ1) is 12.2. The second kappa shape index (κ2) is 7.68. The van der Waals surface area contributed by atoms with Gasteiger partial charge in [0.25, 0.3) is 0 Å². The van der Waals surface area contributed by atoms with Crippen molar-refractivity contribution >= 4 is 24.0 Å². The van der Waals surface area contributed by atoms with E-state index in [0.717, 1.165) is 35.4 Å². The maximum atomic E-state index is 12.8. The van der Waals surface area contributed by atoms with E-state index < -0.39 is 0 Å². The Morgan fingerprint density at radius 2 is 1.88 bits per heavy atom. The summed E-state index contributed by atoms with van der Waals surface area (Å²) < 4.78 is 5.45. The third kappa shape index (κ3) is 3.31. The van der Waals surface area contributed by atoms with Gasteiger partial charge in [0.15, 0.2) is 0 Å².